The van der Waals surface area contributed by atoms with Crippen LogP contribution >= 0.6 is 11.6 Å². The highest BCUT2D eigenvalue weighted by molar-refractivity contribution is 6.31. The Morgan fingerprint density at radius 2 is 2.04 bits per heavy atom. The lowest BCUT2D eigenvalue weighted by atomic mass is 10.1. The van der Waals surface area contributed by atoms with Gasteiger partial charge in [-0.25, -0.2) is 4.39 Å². The Hall–Kier alpha value is -2.53. The van der Waals surface area contributed by atoms with E-state index in [1.54, 1.807) is 25.1 Å². The van der Waals surface area contributed by atoms with Gasteiger partial charge in [-0.3, -0.25) is 4.79 Å². The molecule has 0 aliphatic carbocycles. The van der Waals surface area contributed by atoms with Crippen molar-refractivity contribution < 1.29 is 18.3 Å². The lowest BCUT2D eigenvalue weighted by molar-refractivity contribution is 0.0997. The molecule has 1 heterocycles. The fraction of sp³-hybridized carbons (Fsp3) is 0.118. The molecule has 3 aromatic rings. The Labute approximate surface area is 136 Å². The number of furan rings is 1. The van der Waals surface area contributed by atoms with Gasteiger partial charge in [0.15, 0.2) is 5.76 Å². The second-order valence-corrected chi connectivity index (χ2v) is 5.43. The molecular weight excluding hydrogens is 321 g/mol. The molecule has 0 unspecified atom stereocenters. The summed E-state index contributed by atoms with van der Waals surface area (Å²) >= 11 is 5.94. The third kappa shape index (κ3) is 2.87. The predicted molar refractivity (Wildman–Crippen MR) is 86.9 cm³/mol. The van der Waals surface area contributed by atoms with Crippen LogP contribution in [0.15, 0.2) is 40.8 Å². The highest BCUT2D eigenvalue weighted by Crippen LogP contribution is 2.30. The third-order valence-electron chi connectivity index (χ3n) is 3.51. The minimum Gasteiger partial charge on any atom is -0.495 e. The van der Waals surface area contributed by atoms with Crippen molar-refractivity contribution in [3.8, 4) is 5.75 Å². The summed E-state index contributed by atoms with van der Waals surface area (Å²) in [6.07, 6.45) is 0. The summed E-state index contributed by atoms with van der Waals surface area (Å²) in [6, 6.07) is 9.01. The van der Waals surface area contributed by atoms with Crippen LogP contribution in [-0.4, -0.2) is 13.0 Å². The van der Waals surface area contributed by atoms with Crippen LogP contribution in [0.4, 0.5) is 10.1 Å². The number of methoxy groups -OCH3 is 1. The van der Waals surface area contributed by atoms with Crippen LogP contribution in [-0.2, 0) is 0 Å². The molecule has 0 fully saturated rings. The Kier molecular flexibility index (Phi) is 3.96. The van der Waals surface area contributed by atoms with Crippen molar-refractivity contribution >= 4 is 34.2 Å². The number of hydrogen-bond acceptors (Lipinski definition) is 3. The van der Waals surface area contributed by atoms with Crippen LogP contribution in [0.5, 0.6) is 5.75 Å². The highest BCUT2D eigenvalue weighted by Gasteiger charge is 2.19. The topological polar surface area (TPSA) is 51.5 Å². The molecule has 1 N–H and O–H groups in total. The van der Waals surface area contributed by atoms with E-state index in [2.05, 4.69) is 5.32 Å². The maximum atomic E-state index is 13.3. The van der Waals surface area contributed by atoms with E-state index in [-0.39, 0.29) is 11.6 Å². The molecule has 0 bridgehead atoms. The molecule has 23 heavy (non-hydrogen) atoms. The average molecular weight is 334 g/mol. The number of carbonyl (C=O) groups excluding carboxylic acids is 1. The van der Waals surface area contributed by atoms with Gasteiger partial charge in [-0.05, 0) is 43.3 Å². The number of hydrogen-bond donors (Lipinski definition) is 1. The first-order chi connectivity index (χ1) is 11.0. The summed E-state index contributed by atoms with van der Waals surface area (Å²) in [6.45, 7) is 1.70. The normalized spacial score (nSPS) is 10.8. The quantitative estimate of drug-likeness (QED) is 0.749. The van der Waals surface area contributed by atoms with Crippen LogP contribution in [0.2, 0.25) is 5.02 Å². The summed E-state index contributed by atoms with van der Waals surface area (Å²) in [5, 5.41) is 3.72. The maximum Gasteiger partial charge on any atom is 0.291 e. The Morgan fingerprint density at radius 3 is 2.78 bits per heavy atom. The first-order valence-corrected chi connectivity index (χ1v) is 7.21. The van der Waals surface area contributed by atoms with Crippen molar-refractivity contribution in [2.24, 2.45) is 0 Å². The molecule has 0 atom stereocenters. The van der Waals surface area contributed by atoms with Crippen LogP contribution in [0.3, 0.4) is 0 Å². The molecule has 2 aromatic carbocycles. The maximum absolute atomic E-state index is 13.3. The average Bonchev–Trinajstić information content (AvgIpc) is 2.84. The summed E-state index contributed by atoms with van der Waals surface area (Å²) in [5.74, 6) is -0.250. The van der Waals surface area contributed by atoms with Crippen molar-refractivity contribution in [1.29, 1.82) is 0 Å². The summed E-state index contributed by atoms with van der Waals surface area (Å²) in [4.78, 5) is 12.5. The molecule has 0 saturated carbocycles. The lowest BCUT2D eigenvalue weighted by Crippen LogP contribution is -2.12. The van der Waals surface area contributed by atoms with E-state index in [0.717, 1.165) is 0 Å². The molecule has 4 nitrogen and oxygen atoms in total. The van der Waals surface area contributed by atoms with Crippen molar-refractivity contribution in [1.82, 2.24) is 0 Å². The summed E-state index contributed by atoms with van der Waals surface area (Å²) in [5.41, 5.74) is 1.45. The fourth-order valence-electron chi connectivity index (χ4n) is 2.37. The number of carbonyl (C=O) groups is 1. The van der Waals surface area contributed by atoms with Crippen LogP contribution in [0.1, 0.15) is 16.1 Å². The third-order valence-corrected chi connectivity index (χ3v) is 3.75. The molecule has 6 heteroatoms. The largest absolute Gasteiger partial charge is 0.495 e. The summed E-state index contributed by atoms with van der Waals surface area (Å²) in [7, 11) is 1.49. The second kappa shape index (κ2) is 5.93. The minimum atomic E-state index is -0.459. The number of halogens is 2. The van der Waals surface area contributed by atoms with Gasteiger partial charge in [0.05, 0.1) is 12.8 Å². The first-order valence-electron chi connectivity index (χ1n) is 6.83. The predicted octanol–water partition coefficient (Wildman–Crippen LogP) is 4.79. The number of fused-ring (bicyclic) bond motifs is 1. The van der Waals surface area contributed by atoms with E-state index in [9.17, 15) is 9.18 Å². The number of aryl methyl sites for hydroxylation is 1. The lowest BCUT2D eigenvalue weighted by Gasteiger charge is -2.09. The van der Waals surface area contributed by atoms with Gasteiger partial charge in [-0.2, -0.15) is 0 Å². The van der Waals surface area contributed by atoms with E-state index < -0.39 is 5.91 Å². The Bertz CT molecular complexity index is 904. The molecular formula is C17H13ClFNO3. The highest BCUT2D eigenvalue weighted by atomic mass is 35.5. The molecule has 3 rings (SSSR count). The SMILES string of the molecule is COc1ccc(Cl)cc1NC(=O)c1oc2ccc(F)cc2c1C. The van der Waals surface area contributed by atoms with Gasteiger partial charge >= 0.3 is 0 Å². The minimum absolute atomic E-state index is 0.118. The van der Waals surface area contributed by atoms with Gasteiger partial charge < -0.3 is 14.5 Å². The van der Waals surface area contributed by atoms with Gasteiger partial charge in [-0.1, -0.05) is 11.6 Å². The van der Waals surface area contributed by atoms with Gasteiger partial charge in [0.25, 0.3) is 5.91 Å². The van der Waals surface area contributed by atoms with Gasteiger partial charge in [0.2, 0.25) is 0 Å². The molecule has 0 spiro atoms. The number of rotatable bonds is 3. The van der Waals surface area contributed by atoms with Crippen LogP contribution in [0.25, 0.3) is 11.0 Å². The smallest absolute Gasteiger partial charge is 0.291 e. The zero-order valence-electron chi connectivity index (χ0n) is 12.4. The van der Waals surface area contributed by atoms with Crippen molar-refractivity contribution in [2.45, 2.75) is 6.92 Å². The zero-order chi connectivity index (χ0) is 16.6. The monoisotopic (exact) mass is 333 g/mol. The van der Waals surface area contributed by atoms with E-state index in [4.69, 9.17) is 20.8 Å². The molecule has 118 valence electrons. The van der Waals surface area contributed by atoms with Crippen molar-refractivity contribution in [2.75, 3.05) is 12.4 Å². The van der Waals surface area contributed by atoms with Crippen LogP contribution in [0, 0.1) is 12.7 Å². The number of anilines is 1. The van der Waals surface area contributed by atoms with Gasteiger partial charge in [0.1, 0.15) is 17.1 Å². The van der Waals surface area contributed by atoms with E-state index in [1.165, 1.54) is 25.3 Å². The van der Waals surface area contributed by atoms with Crippen LogP contribution < -0.4 is 10.1 Å². The molecule has 0 saturated heterocycles. The van der Waals surface area contributed by atoms with Gasteiger partial charge in [-0.15, -0.1) is 0 Å². The summed E-state index contributed by atoms with van der Waals surface area (Å²) < 4.78 is 24.1. The zero-order valence-corrected chi connectivity index (χ0v) is 13.2. The van der Waals surface area contributed by atoms with E-state index in [1.807, 2.05) is 0 Å². The number of nitrogens with one attached hydrogen (secondary N) is 1. The van der Waals surface area contributed by atoms with E-state index in [0.29, 0.717) is 33.0 Å². The molecule has 0 aliphatic heterocycles. The Balaban J connectivity index is 1.98. The Morgan fingerprint density at radius 1 is 1.26 bits per heavy atom. The van der Waals surface area contributed by atoms with Gasteiger partial charge in [0, 0.05) is 16.0 Å². The van der Waals surface area contributed by atoms with Crippen molar-refractivity contribution in [3.05, 3.63) is 58.6 Å². The van der Waals surface area contributed by atoms with E-state index >= 15 is 0 Å². The first kappa shape index (κ1) is 15.4. The molecule has 1 aromatic heterocycles. The number of amides is 1. The fourth-order valence-corrected chi connectivity index (χ4v) is 2.54. The number of ether oxygens (including phenoxy) is 1. The standard InChI is InChI=1S/C17H13ClFNO3/c1-9-12-8-11(19)4-6-14(12)23-16(9)17(21)20-13-7-10(18)3-5-15(13)22-2/h3-8H,1-2H3,(H,20,21). The van der Waals surface area contributed by atoms with Crippen molar-refractivity contribution in [3.63, 3.8) is 0 Å². The molecule has 1 amide bonds. The number of benzene rings is 2. The molecule has 0 radical (unpaired) electrons. The molecule has 0 aliphatic rings. The second-order valence-electron chi connectivity index (χ2n) is 5.00.